The number of fused-ring (bicyclic) bond motifs is 2. The Morgan fingerprint density at radius 1 is 1.25 bits per heavy atom. The number of nitrogens with zero attached hydrogens (tertiary/aromatic N) is 2. The fourth-order valence-electron chi connectivity index (χ4n) is 5.30. The predicted molar refractivity (Wildman–Crippen MR) is 121 cm³/mol. The summed E-state index contributed by atoms with van der Waals surface area (Å²) < 4.78 is 5.46. The van der Waals surface area contributed by atoms with Crippen molar-refractivity contribution in [2.24, 2.45) is 0 Å². The molecule has 3 heterocycles. The number of anilines is 1. The van der Waals surface area contributed by atoms with Crippen molar-refractivity contribution in [2.45, 2.75) is 38.1 Å². The summed E-state index contributed by atoms with van der Waals surface area (Å²) in [5.74, 6) is 0.447. The first kappa shape index (κ1) is 20.3. The van der Waals surface area contributed by atoms with E-state index in [-0.39, 0.29) is 11.8 Å². The molecule has 2 N–H and O–H groups in total. The molecule has 0 unspecified atom stereocenters. The Hall–Kier alpha value is -3.61. The van der Waals surface area contributed by atoms with Gasteiger partial charge in [0.05, 0.1) is 13.2 Å². The first-order valence-corrected chi connectivity index (χ1v) is 10.9. The Bertz CT molecular complexity index is 1220. The number of aromatic nitrogens is 2. The molecule has 7 heteroatoms. The molecule has 2 amide bonds. The minimum absolute atomic E-state index is 0.0742. The maximum absolute atomic E-state index is 13.8. The van der Waals surface area contributed by atoms with Gasteiger partial charge >= 0.3 is 0 Å². The van der Waals surface area contributed by atoms with Gasteiger partial charge in [-0.25, -0.2) is 0 Å². The number of ether oxygens (including phenoxy) is 1. The van der Waals surface area contributed by atoms with Crippen LogP contribution in [0.25, 0.3) is 0 Å². The zero-order valence-corrected chi connectivity index (χ0v) is 18.4. The van der Waals surface area contributed by atoms with Crippen LogP contribution in [-0.2, 0) is 16.6 Å². The first-order chi connectivity index (χ1) is 15.5. The van der Waals surface area contributed by atoms with Crippen LogP contribution < -0.4 is 10.1 Å². The minimum atomic E-state index is -0.865. The normalized spacial score (nSPS) is 21.7. The maximum atomic E-state index is 13.8. The first-order valence-electron chi connectivity index (χ1n) is 10.9. The molecule has 164 valence electrons. The summed E-state index contributed by atoms with van der Waals surface area (Å²) in [4.78, 5) is 29.1. The van der Waals surface area contributed by atoms with Crippen molar-refractivity contribution in [1.29, 1.82) is 0 Å². The number of H-pyrrole nitrogens is 1. The number of carbonyl (C=O) groups excluding carboxylic acids is 2. The molecule has 2 atom stereocenters. The molecule has 0 saturated carbocycles. The van der Waals surface area contributed by atoms with E-state index in [9.17, 15) is 9.59 Å². The predicted octanol–water partition coefficient (Wildman–Crippen LogP) is 3.77. The van der Waals surface area contributed by atoms with E-state index in [2.05, 4.69) is 15.5 Å². The summed E-state index contributed by atoms with van der Waals surface area (Å²) in [7, 11) is 1.61. The molecular formula is C25H26N4O3. The number of hydrogen-bond donors (Lipinski definition) is 2. The molecule has 0 radical (unpaired) electrons. The van der Waals surface area contributed by atoms with Crippen molar-refractivity contribution < 1.29 is 14.3 Å². The van der Waals surface area contributed by atoms with E-state index in [1.54, 1.807) is 12.0 Å². The fraction of sp³-hybridized carbons (Fsp3) is 0.320. The Morgan fingerprint density at radius 3 is 2.81 bits per heavy atom. The number of benzene rings is 2. The number of methoxy groups -OCH3 is 1. The van der Waals surface area contributed by atoms with Crippen LogP contribution in [0.4, 0.5) is 5.69 Å². The molecule has 32 heavy (non-hydrogen) atoms. The number of likely N-dealkylation sites (tertiary alicyclic amines) is 1. The monoisotopic (exact) mass is 430 g/mol. The second-order valence-corrected chi connectivity index (χ2v) is 8.43. The minimum Gasteiger partial charge on any atom is -0.497 e. The number of aromatic amines is 1. The van der Waals surface area contributed by atoms with Crippen molar-refractivity contribution in [1.82, 2.24) is 15.1 Å². The molecule has 3 aromatic rings. The molecular weight excluding hydrogens is 404 g/mol. The van der Waals surface area contributed by atoms with Gasteiger partial charge in [0.15, 0.2) is 5.69 Å². The molecule has 7 nitrogen and oxygen atoms in total. The van der Waals surface area contributed by atoms with Gasteiger partial charge in [0.1, 0.15) is 11.2 Å². The van der Waals surface area contributed by atoms with Crippen molar-refractivity contribution in [3.63, 3.8) is 0 Å². The highest BCUT2D eigenvalue weighted by molar-refractivity contribution is 6.08. The van der Waals surface area contributed by atoms with Crippen LogP contribution in [0.5, 0.6) is 5.75 Å². The van der Waals surface area contributed by atoms with Crippen LogP contribution in [0.15, 0.2) is 48.5 Å². The SMILES string of the molecule is CCc1[nH]nc(C(=O)N2CC[C@]3(C(=O)Nc4ccccc43)[C@@H]2c2cccc(OC)c2)c1C. The highest BCUT2D eigenvalue weighted by Gasteiger charge is 2.59. The number of para-hydroxylation sites is 1. The smallest absolute Gasteiger partial charge is 0.275 e. The van der Waals surface area contributed by atoms with Crippen LogP contribution in [0.2, 0.25) is 0 Å². The third-order valence-electron chi connectivity index (χ3n) is 6.92. The van der Waals surface area contributed by atoms with Gasteiger partial charge in [-0.1, -0.05) is 37.3 Å². The van der Waals surface area contributed by atoms with Gasteiger partial charge in [-0.3, -0.25) is 14.7 Å². The lowest BCUT2D eigenvalue weighted by Crippen LogP contribution is -2.42. The van der Waals surface area contributed by atoms with Crippen LogP contribution in [-0.4, -0.2) is 40.6 Å². The van der Waals surface area contributed by atoms with Gasteiger partial charge in [-0.2, -0.15) is 5.10 Å². The number of rotatable bonds is 4. The number of hydrogen-bond acceptors (Lipinski definition) is 4. The Morgan fingerprint density at radius 2 is 2.06 bits per heavy atom. The average molecular weight is 431 g/mol. The summed E-state index contributed by atoms with van der Waals surface area (Å²) in [6, 6.07) is 14.9. The quantitative estimate of drug-likeness (QED) is 0.660. The lowest BCUT2D eigenvalue weighted by atomic mass is 9.72. The van der Waals surface area contributed by atoms with E-state index in [4.69, 9.17) is 4.74 Å². The molecule has 2 aliphatic heterocycles. The molecule has 1 spiro atoms. The van der Waals surface area contributed by atoms with Crippen LogP contribution in [0.3, 0.4) is 0 Å². The lowest BCUT2D eigenvalue weighted by molar-refractivity contribution is -0.121. The van der Waals surface area contributed by atoms with E-state index < -0.39 is 11.5 Å². The van der Waals surface area contributed by atoms with Crippen LogP contribution in [0.1, 0.15) is 52.3 Å². The van der Waals surface area contributed by atoms with E-state index in [0.29, 0.717) is 24.4 Å². The van der Waals surface area contributed by atoms with Crippen molar-refractivity contribution in [2.75, 3.05) is 19.0 Å². The average Bonchev–Trinajstić information content (AvgIpc) is 3.48. The van der Waals surface area contributed by atoms with Gasteiger partial charge in [0.25, 0.3) is 5.91 Å². The van der Waals surface area contributed by atoms with Gasteiger partial charge in [0.2, 0.25) is 5.91 Å². The molecule has 1 saturated heterocycles. The maximum Gasteiger partial charge on any atom is 0.275 e. The van der Waals surface area contributed by atoms with Gasteiger partial charge < -0.3 is 15.0 Å². The topological polar surface area (TPSA) is 87.3 Å². The van der Waals surface area contributed by atoms with E-state index in [0.717, 1.165) is 34.5 Å². The molecule has 1 aromatic heterocycles. The molecule has 2 aromatic carbocycles. The van der Waals surface area contributed by atoms with Crippen molar-refractivity contribution >= 4 is 17.5 Å². The Balaban J connectivity index is 1.67. The standard InChI is InChI=1S/C25H26N4O3/c1-4-19-15(2)21(28-27-19)23(30)29-13-12-25(18-10-5-6-11-20(18)26-24(25)31)22(29)16-8-7-9-17(14-16)32-3/h5-11,14,22H,4,12-13H2,1-3H3,(H,26,31)(H,27,28)/t22-,25+/m0/s1. The third-order valence-corrected chi connectivity index (χ3v) is 6.92. The summed E-state index contributed by atoms with van der Waals surface area (Å²) >= 11 is 0. The third kappa shape index (κ3) is 2.77. The number of nitrogens with one attached hydrogen (secondary N) is 2. The number of amides is 2. The van der Waals surface area contributed by atoms with Gasteiger partial charge in [0, 0.05) is 23.5 Å². The van der Waals surface area contributed by atoms with Crippen LogP contribution in [0, 0.1) is 6.92 Å². The summed E-state index contributed by atoms with van der Waals surface area (Å²) in [6.07, 6.45) is 1.30. The summed E-state index contributed by atoms with van der Waals surface area (Å²) in [5, 5.41) is 10.4. The van der Waals surface area contributed by atoms with Gasteiger partial charge in [-0.05, 0) is 49.1 Å². The zero-order valence-electron chi connectivity index (χ0n) is 18.4. The summed E-state index contributed by atoms with van der Waals surface area (Å²) in [5.41, 5.74) is 3.97. The Kier molecular flexibility index (Phi) is 4.77. The second-order valence-electron chi connectivity index (χ2n) is 8.43. The Labute approximate surface area is 186 Å². The molecule has 0 aliphatic carbocycles. The fourth-order valence-corrected chi connectivity index (χ4v) is 5.30. The van der Waals surface area contributed by atoms with E-state index in [1.807, 2.05) is 62.4 Å². The van der Waals surface area contributed by atoms with Crippen molar-refractivity contribution in [3.8, 4) is 5.75 Å². The largest absolute Gasteiger partial charge is 0.497 e. The van der Waals surface area contributed by atoms with Crippen LogP contribution >= 0.6 is 0 Å². The second kappa shape index (κ2) is 7.51. The molecule has 5 rings (SSSR count). The highest BCUT2D eigenvalue weighted by atomic mass is 16.5. The summed E-state index contributed by atoms with van der Waals surface area (Å²) in [6.45, 7) is 4.40. The van der Waals surface area contributed by atoms with E-state index >= 15 is 0 Å². The van der Waals surface area contributed by atoms with E-state index in [1.165, 1.54) is 0 Å². The van der Waals surface area contributed by atoms with Crippen molar-refractivity contribution in [3.05, 3.63) is 76.6 Å². The number of carbonyl (C=O) groups is 2. The number of aryl methyl sites for hydroxylation is 1. The zero-order chi connectivity index (χ0) is 22.5. The highest BCUT2D eigenvalue weighted by Crippen LogP contribution is 2.55. The molecule has 0 bridgehead atoms. The molecule has 1 fully saturated rings. The lowest BCUT2D eigenvalue weighted by Gasteiger charge is -2.34. The van der Waals surface area contributed by atoms with Gasteiger partial charge in [-0.15, -0.1) is 0 Å². The molecule has 2 aliphatic rings.